The number of carbonyl (C=O) groups excluding carboxylic acids is 1. The molecule has 0 aliphatic carbocycles. The van der Waals surface area contributed by atoms with Crippen LogP contribution in [-0.2, 0) is 6.54 Å². The summed E-state index contributed by atoms with van der Waals surface area (Å²) in [5, 5.41) is 7.56. The SMILES string of the molecule is O=C(Nc1ccn(Cc2ccccc2Cl)n1)c1ccc(OC(F)F)cc1. The minimum Gasteiger partial charge on any atom is -0.435 e. The van der Waals surface area contributed by atoms with Gasteiger partial charge in [0.1, 0.15) is 5.75 Å². The Morgan fingerprint density at radius 2 is 1.88 bits per heavy atom. The van der Waals surface area contributed by atoms with E-state index in [9.17, 15) is 13.6 Å². The fourth-order valence-electron chi connectivity index (χ4n) is 2.29. The van der Waals surface area contributed by atoms with Crippen molar-refractivity contribution in [3.05, 3.63) is 76.9 Å². The predicted molar refractivity (Wildman–Crippen MR) is 93.8 cm³/mol. The van der Waals surface area contributed by atoms with Crippen LogP contribution < -0.4 is 10.1 Å². The molecule has 0 unspecified atom stereocenters. The number of hydrogen-bond acceptors (Lipinski definition) is 3. The molecular formula is C18H14ClF2N3O2. The molecule has 26 heavy (non-hydrogen) atoms. The molecule has 5 nitrogen and oxygen atoms in total. The maximum absolute atomic E-state index is 12.2. The molecule has 0 saturated heterocycles. The van der Waals surface area contributed by atoms with E-state index in [0.29, 0.717) is 22.9 Å². The molecule has 1 N–H and O–H groups in total. The summed E-state index contributed by atoms with van der Waals surface area (Å²) in [7, 11) is 0. The number of rotatable bonds is 6. The molecule has 0 aliphatic heterocycles. The fraction of sp³-hybridized carbons (Fsp3) is 0.111. The quantitative estimate of drug-likeness (QED) is 0.691. The van der Waals surface area contributed by atoms with Crippen LogP contribution in [0, 0.1) is 0 Å². The highest BCUT2D eigenvalue weighted by atomic mass is 35.5. The Morgan fingerprint density at radius 1 is 1.15 bits per heavy atom. The number of benzene rings is 2. The van der Waals surface area contributed by atoms with Gasteiger partial charge < -0.3 is 10.1 Å². The number of aromatic nitrogens is 2. The average Bonchev–Trinajstić information content (AvgIpc) is 3.04. The van der Waals surface area contributed by atoms with E-state index in [1.165, 1.54) is 24.3 Å². The van der Waals surface area contributed by atoms with Crippen LogP contribution in [0.4, 0.5) is 14.6 Å². The first kappa shape index (κ1) is 17.9. The number of nitrogens with one attached hydrogen (secondary N) is 1. The number of hydrogen-bond donors (Lipinski definition) is 1. The Labute approximate surface area is 153 Å². The fourth-order valence-corrected chi connectivity index (χ4v) is 2.49. The molecular weight excluding hydrogens is 364 g/mol. The zero-order chi connectivity index (χ0) is 18.5. The summed E-state index contributed by atoms with van der Waals surface area (Å²) in [5.41, 5.74) is 1.21. The minimum atomic E-state index is -2.91. The van der Waals surface area contributed by atoms with Gasteiger partial charge in [-0.05, 0) is 35.9 Å². The van der Waals surface area contributed by atoms with Gasteiger partial charge in [-0.3, -0.25) is 9.48 Å². The van der Waals surface area contributed by atoms with E-state index in [1.54, 1.807) is 23.0 Å². The van der Waals surface area contributed by atoms with E-state index in [-0.39, 0.29) is 5.75 Å². The van der Waals surface area contributed by atoms with Crippen molar-refractivity contribution in [2.24, 2.45) is 0 Å². The predicted octanol–water partition coefficient (Wildman–Crippen LogP) is 4.44. The lowest BCUT2D eigenvalue weighted by Gasteiger charge is -2.06. The Hall–Kier alpha value is -2.93. The summed E-state index contributed by atoms with van der Waals surface area (Å²) >= 11 is 6.12. The summed E-state index contributed by atoms with van der Waals surface area (Å²) < 4.78 is 30.2. The van der Waals surface area contributed by atoms with E-state index < -0.39 is 12.5 Å². The molecule has 1 amide bonds. The molecule has 0 aliphatic rings. The van der Waals surface area contributed by atoms with Gasteiger partial charge in [0.25, 0.3) is 5.91 Å². The standard InChI is InChI=1S/C18H14ClF2N3O2/c19-15-4-2-1-3-13(15)11-24-10-9-16(23-24)22-17(25)12-5-7-14(8-6-12)26-18(20)21/h1-10,18H,11H2,(H,22,23,25). The normalized spacial score (nSPS) is 10.8. The molecule has 0 atom stereocenters. The van der Waals surface area contributed by atoms with Crippen molar-refractivity contribution in [3.63, 3.8) is 0 Å². The van der Waals surface area contributed by atoms with Crippen molar-refractivity contribution in [1.82, 2.24) is 9.78 Å². The third-order valence-corrected chi connectivity index (χ3v) is 3.88. The lowest BCUT2D eigenvalue weighted by molar-refractivity contribution is -0.0498. The largest absolute Gasteiger partial charge is 0.435 e. The second-order valence-electron chi connectivity index (χ2n) is 5.35. The summed E-state index contributed by atoms with van der Waals surface area (Å²) in [5.74, 6) is -0.0490. The Bertz CT molecular complexity index is 897. The van der Waals surface area contributed by atoms with Gasteiger partial charge in [0.15, 0.2) is 5.82 Å². The number of ether oxygens (including phenoxy) is 1. The highest BCUT2D eigenvalue weighted by molar-refractivity contribution is 6.31. The molecule has 0 saturated carbocycles. The van der Waals surface area contributed by atoms with Crippen molar-refractivity contribution in [2.45, 2.75) is 13.2 Å². The highest BCUT2D eigenvalue weighted by Gasteiger charge is 2.10. The number of amides is 1. The second-order valence-corrected chi connectivity index (χ2v) is 5.75. The summed E-state index contributed by atoms with van der Waals surface area (Å²) in [6, 6.07) is 14.5. The van der Waals surface area contributed by atoms with Gasteiger partial charge in [-0.25, -0.2) is 0 Å². The molecule has 0 radical (unpaired) electrons. The molecule has 2 aromatic carbocycles. The molecule has 1 heterocycles. The molecule has 0 fully saturated rings. The van der Waals surface area contributed by atoms with Crippen molar-refractivity contribution in [2.75, 3.05) is 5.32 Å². The molecule has 3 rings (SSSR count). The summed E-state index contributed by atoms with van der Waals surface area (Å²) in [4.78, 5) is 12.2. The van der Waals surface area contributed by atoms with Crippen molar-refractivity contribution in [1.29, 1.82) is 0 Å². The van der Waals surface area contributed by atoms with Crippen LogP contribution in [-0.4, -0.2) is 22.3 Å². The third kappa shape index (κ3) is 4.58. The maximum Gasteiger partial charge on any atom is 0.387 e. The van der Waals surface area contributed by atoms with Gasteiger partial charge in [0.2, 0.25) is 0 Å². The molecule has 0 bridgehead atoms. The first-order valence-electron chi connectivity index (χ1n) is 7.64. The van der Waals surface area contributed by atoms with E-state index in [4.69, 9.17) is 11.6 Å². The molecule has 3 aromatic rings. The van der Waals surface area contributed by atoms with E-state index >= 15 is 0 Å². The number of halogens is 3. The van der Waals surface area contributed by atoms with Gasteiger partial charge in [0.05, 0.1) is 6.54 Å². The number of carbonyl (C=O) groups is 1. The lowest BCUT2D eigenvalue weighted by Crippen LogP contribution is -2.13. The van der Waals surface area contributed by atoms with Gasteiger partial charge in [-0.2, -0.15) is 13.9 Å². The van der Waals surface area contributed by atoms with Crippen LogP contribution in [0.5, 0.6) is 5.75 Å². The van der Waals surface area contributed by atoms with E-state index in [0.717, 1.165) is 5.56 Å². The molecule has 1 aromatic heterocycles. The molecule has 134 valence electrons. The topological polar surface area (TPSA) is 56.2 Å². The van der Waals surface area contributed by atoms with Gasteiger partial charge in [-0.15, -0.1) is 0 Å². The van der Waals surface area contributed by atoms with Crippen LogP contribution in [0.2, 0.25) is 5.02 Å². The van der Waals surface area contributed by atoms with Crippen LogP contribution >= 0.6 is 11.6 Å². The molecule has 0 spiro atoms. The number of anilines is 1. The van der Waals surface area contributed by atoms with Gasteiger partial charge >= 0.3 is 6.61 Å². The maximum atomic E-state index is 12.2. The zero-order valence-electron chi connectivity index (χ0n) is 13.4. The first-order chi connectivity index (χ1) is 12.5. The monoisotopic (exact) mass is 377 g/mol. The molecule has 8 heteroatoms. The van der Waals surface area contributed by atoms with Crippen LogP contribution in [0.25, 0.3) is 0 Å². The van der Waals surface area contributed by atoms with E-state index in [2.05, 4.69) is 15.2 Å². The number of nitrogens with zero attached hydrogens (tertiary/aromatic N) is 2. The van der Waals surface area contributed by atoms with Crippen LogP contribution in [0.1, 0.15) is 15.9 Å². The zero-order valence-corrected chi connectivity index (χ0v) is 14.2. The Balaban J connectivity index is 1.63. The van der Waals surface area contributed by atoms with Crippen molar-refractivity contribution in [3.8, 4) is 5.75 Å². The lowest BCUT2D eigenvalue weighted by atomic mass is 10.2. The van der Waals surface area contributed by atoms with Gasteiger partial charge in [-0.1, -0.05) is 29.8 Å². The van der Waals surface area contributed by atoms with Gasteiger partial charge in [0, 0.05) is 22.8 Å². The highest BCUT2D eigenvalue weighted by Crippen LogP contribution is 2.18. The summed E-state index contributed by atoms with van der Waals surface area (Å²) in [6.07, 6.45) is 1.72. The van der Waals surface area contributed by atoms with E-state index in [1.807, 2.05) is 18.2 Å². The average molecular weight is 378 g/mol. The number of alkyl halides is 2. The Kier molecular flexibility index (Phi) is 5.48. The first-order valence-corrected chi connectivity index (χ1v) is 8.02. The minimum absolute atomic E-state index is 0.0134. The third-order valence-electron chi connectivity index (χ3n) is 3.51. The van der Waals surface area contributed by atoms with Crippen LogP contribution in [0.3, 0.4) is 0 Å². The smallest absolute Gasteiger partial charge is 0.387 e. The second kappa shape index (κ2) is 7.97. The van der Waals surface area contributed by atoms with Crippen molar-refractivity contribution < 1.29 is 18.3 Å². The Morgan fingerprint density at radius 3 is 2.58 bits per heavy atom. The van der Waals surface area contributed by atoms with Crippen LogP contribution in [0.15, 0.2) is 60.8 Å². The van der Waals surface area contributed by atoms with Crippen molar-refractivity contribution >= 4 is 23.3 Å². The summed E-state index contributed by atoms with van der Waals surface area (Å²) in [6.45, 7) is -2.44.